The van der Waals surface area contributed by atoms with Crippen LogP contribution in [0.4, 0.5) is 16.2 Å². The zero-order valence-corrected chi connectivity index (χ0v) is 17.4. The van der Waals surface area contributed by atoms with Gasteiger partial charge in [0.05, 0.1) is 5.92 Å². The number of nitrogens with zero attached hydrogens (tertiary/aromatic N) is 1. The highest BCUT2D eigenvalue weighted by atomic mass is 16.5. The highest BCUT2D eigenvalue weighted by Gasteiger charge is 2.51. The van der Waals surface area contributed by atoms with Crippen molar-refractivity contribution in [1.82, 2.24) is 4.90 Å². The van der Waals surface area contributed by atoms with Crippen LogP contribution in [0.1, 0.15) is 25.3 Å². The van der Waals surface area contributed by atoms with Gasteiger partial charge in [0.2, 0.25) is 5.91 Å². The first-order chi connectivity index (χ1) is 14.6. The molecule has 30 heavy (non-hydrogen) atoms. The third kappa shape index (κ3) is 4.33. The average Bonchev–Trinajstić information content (AvgIpc) is 3.14. The van der Waals surface area contributed by atoms with E-state index >= 15 is 0 Å². The normalized spacial score (nSPS) is 20.2. The van der Waals surface area contributed by atoms with E-state index in [2.05, 4.69) is 17.6 Å². The predicted molar refractivity (Wildman–Crippen MR) is 117 cm³/mol. The summed E-state index contributed by atoms with van der Waals surface area (Å²) in [4.78, 5) is 28.0. The SMILES string of the molecule is CCc1cccc(NC(=O)N2CC(C(=O)Nc3ccccc3)C3(CCOCC3)C2)c1. The van der Waals surface area contributed by atoms with Crippen molar-refractivity contribution in [3.05, 3.63) is 60.2 Å². The van der Waals surface area contributed by atoms with E-state index in [0.717, 1.165) is 30.6 Å². The topological polar surface area (TPSA) is 70.7 Å². The molecule has 158 valence electrons. The fourth-order valence-electron chi connectivity index (χ4n) is 4.59. The quantitative estimate of drug-likeness (QED) is 0.800. The molecule has 2 aliphatic heterocycles. The van der Waals surface area contributed by atoms with Gasteiger partial charge in [-0.2, -0.15) is 0 Å². The molecule has 1 spiro atoms. The highest BCUT2D eigenvalue weighted by molar-refractivity contribution is 5.95. The molecule has 3 amide bonds. The van der Waals surface area contributed by atoms with Crippen molar-refractivity contribution in [3.8, 4) is 0 Å². The molecule has 0 bridgehead atoms. The molecule has 2 N–H and O–H groups in total. The van der Waals surface area contributed by atoms with Crippen LogP contribution in [0.25, 0.3) is 0 Å². The number of carbonyl (C=O) groups excluding carboxylic acids is 2. The molecule has 2 aromatic carbocycles. The number of carbonyl (C=O) groups is 2. The van der Waals surface area contributed by atoms with Crippen LogP contribution >= 0.6 is 0 Å². The second-order valence-corrected chi connectivity index (χ2v) is 8.25. The molecule has 0 aromatic heterocycles. The van der Waals surface area contributed by atoms with Crippen LogP contribution in [0.15, 0.2) is 54.6 Å². The van der Waals surface area contributed by atoms with E-state index in [9.17, 15) is 9.59 Å². The summed E-state index contributed by atoms with van der Waals surface area (Å²) in [5.74, 6) is -0.277. The first-order valence-electron chi connectivity index (χ1n) is 10.7. The van der Waals surface area contributed by atoms with Crippen LogP contribution in [0, 0.1) is 11.3 Å². The molecule has 4 rings (SSSR count). The number of likely N-dealkylation sites (tertiary alicyclic amines) is 1. The fourth-order valence-corrected chi connectivity index (χ4v) is 4.59. The summed E-state index contributed by atoms with van der Waals surface area (Å²) in [6.45, 7) is 4.33. The molecule has 1 atom stereocenters. The maximum Gasteiger partial charge on any atom is 0.321 e. The minimum absolute atomic E-state index is 0.0219. The van der Waals surface area contributed by atoms with Crippen molar-refractivity contribution >= 4 is 23.3 Å². The molecular formula is C24H29N3O3. The number of ether oxygens (including phenoxy) is 1. The third-order valence-electron chi connectivity index (χ3n) is 6.37. The van der Waals surface area contributed by atoms with Crippen molar-refractivity contribution in [1.29, 1.82) is 0 Å². The molecule has 2 aliphatic rings. The molecule has 1 unspecified atom stereocenters. The maximum absolute atomic E-state index is 13.2. The van der Waals surface area contributed by atoms with Gasteiger partial charge in [-0.3, -0.25) is 4.79 Å². The summed E-state index contributed by atoms with van der Waals surface area (Å²) in [5.41, 5.74) is 2.51. The van der Waals surface area contributed by atoms with E-state index in [1.165, 1.54) is 5.56 Å². The minimum atomic E-state index is -0.255. The zero-order chi connectivity index (χ0) is 21.0. The van der Waals surface area contributed by atoms with Crippen molar-refractivity contribution in [2.45, 2.75) is 26.2 Å². The van der Waals surface area contributed by atoms with E-state index in [0.29, 0.717) is 26.3 Å². The van der Waals surface area contributed by atoms with Crippen molar-refractivity contribution in [2.75, 3.05) is 36.9 Å². The predicted octanol–water partition coefficient (Wildman–Crippen LogP) is 4.15. The first kappa shape index (κ1) is 20.4. The van der Waals surface area contributed by atoms with Gasteiger partial charge in [-0.05, 0) is 49.1 Å². The fraction of sp³-hybridized carbons (Fsp3) is 0.417. The number of anilines is 2. The zero-order valence-electron chi connectivity index (χ0n) is 17.4. The minimum Gasteiger partial charge on any atom is -0.381 e. The Hall–Kier alpha value is -2.86. The van der Waals surface area contributed by atoms with Gasteiger partial charge in [0.25, 0.3) is 0 Å². The summed E-state index contributed by atoms with van der Waals surface area (Å²) in [6, 6.07) is 17.2. The number of amides is 3. The maximum atomic E-state index is 13.2. The van der Waals surface area contributed by atoms with Gasteiger partial charge in [0.1, 0.15) is 0 Å². The number of benzene rings is 2. The van der Waals surface area contributed by atoms with E-state index in [4.69, 9.17) is 4.74 Å². The van der Waals surface area contributed by atoms with Crippen molar-refractivity contribution in [3.63, 3.8) is 0 Å². The van der Waals surface area contributed by atoms with Crippen molar-refractivity contribution < 1.29 is 14.3 Å². The molecule has 0 saturated carbocycles. The number of rotatable bonds is 4. The molecule has 6 nitrogen and oxygen atoms in total. The second kappa shape index (κ2) is 8.88. The summed E-state index contributed by atoms with van der Waals surface area (Å²) in [7, 11) is 0. The van der Waals surface area contributed by atoms with Crippen LogP contribution in [-0.4, -0.2) is 43.1 Å². The Kier molecular flexibility index (Phi) is 6.04. The molecule has 0 radical (unpaired) electrons. The van der Waals surface area contributed by atoms with Gasteiger partial charge in [-0.25, -0.2) is 4.79 Å². The number of nitrogens with one attached hydrogen (secondary N) is 2. The van der Waals surface area contributed by atoms with E-state index < -0.39 is 0 Å². The first-order valence-corrected chi connectivity index (χ1v) is 10.7. The lowest BCUT2D eigenvalue weighted by Gasteiger charge is -2.37. The van der Waals surface area contributed by atoms with Gasteiger partial charge in [0, 0.05) is 43.1 Å². The van der Waals surface area contributed by atoms with E-state index in [1.54, 1.807) is 4.90 Å². The number of hydrogen-bond acceptors (Lipinski definition) is 3. The van der Waals surface area contributed by atoms with Crippen molar-refractivity contribution in [2.24, 2.45) is 11.3 Å². The van der Waals surface area contributed by atoms with Crippen LogP contribution in [0.3, 0.4) is 0 Å². The smallest absolute Gasteiger partial charge is 0.321 e. The standard InChI is InChI=1S/C24H29N3O3/c1-2-18-7-6-10-20(15-18)26-23(29)27-16-21(24(17-27)11-13-30-14-12-24)22(28)25-19-8-4-3-5-9-19/h3-10,15,21H,2,11-14,16-17H2,1H3,(H,25,28)(H,26,29). The summed E-state index contributed by atoms with van der Waals surface area (Å²) in [6.07, 6.45) is 2.49. The lowest BCUT2D eigenvalue weighted by Crippen LogP contribution is -2.42. The second-order valence-electron chi connectivity index (χ2n) is 8.25. The van der Waals surface area contributed by atoms with Crippen LogP contribution in [0.2, 0.25) is 0 Å². The van der Waals surface area contributed by atoms with E-state index in [1.807, 2.05) is 54.6 Å². The van der Waals surface area contributed by atoms with Gasteiger partial charge < -0.3 is 20.3 Å². The molecule has 2 saturated heterocycles. The Morgan fingerprint density at radius 2 is 1.77 bits per heavy atom. The van der Waals surface area contributed by atoms with Crippen LogP contribution in [0.5, 0.6) is 0 Å². The molecular weight excluding hydrogens is 378 g/mol. The number of aryl methyl sites for hydroxylation is 1. The largest absolute Gasteiger partial charge is 0.381 e. The van der Waals surface area contributed by atoms with Gasteiger partial charge in [0.15, 0.2) is 0 Å². The number of urea groups is 1. The summed E-state index contributed by atoms with van der Waals surface area (Å²) >= 11 is 0. The Balaban J connectivity index is 1.50. The highest BCUT2D eigenvalue weighted by Crippen LogP contribution is 2.45. The number of hydrogen-bond donors (Lipinski definition) is 2. The van der Waals surface area contributed by atoms with Gasteiger partial charge >= 0.3 is 6.03 Å². The summed E-state index contributed by atoms with van der Waals surface area (Å²) in [5, 5.41) is 6.06. The lowest BCUT2D eigenvalue weighted by atomic mass is 9.71. The van der Waals surface area contributed by atoms with Crippen LogP contribution < -0.4 is 10.6 Å². The molecule has 2 fully saturated rings. The Bertz CT molecular complexity index is 894. The molecule has 2 aromatic rings. The Labute approximate surface area is 177 Å². The summed E-state index contributed by atoms with van der Waals surface area (Å²) < 4.78 is 5.57. The molecule has 6 heteroatoms. The van der Waals surface area contributed by atoms with Crippen LogP contribution in [-0.2, 0) is 16.0 Å². The van der Waals surface area contributed by atoms with Gasteiger partial charge in [-0.1, -0.05) is 37.3 Å². The lowest BCUT2D eigenvalue weighted by molar-refractivity contribution is -0.124. The number of para-hydroxylation sites is 1. The Morgan fingerprint density at radius 1 is 1.03 bits per heavy atom. The van der Waals surface area contributed by atoms with E-state index in [-0.39, 0.29) is 23.3 Å². The Morgan fingerprint density at radius 3 is 2.50 bits per heavy atom. The average molecular weight is 408 g/mol. The van der Waals surface area contributed by atoms with Gasteiger partial charge in [-0.15, -0.1) is 0 Å². The monoisotopic (exact) mass is 407 g/mol. The molecule has 0 aliphatic carbocycles. The third-order valence-corrected chi connectivity index (χ3v) is 6.37. The molecule has 2 heterocycles.